The molecule has 0 bridgehead atoms. The van der Waals surface area contributed by atoms with Crippen molar-refractivity contribution in [2.75, 3.05) is 19.8 Å². The fourth-order valence-corrected chi connectivity index (χ4v) is 2.95. The zero-order chi connectivity index (χ0) is 13.8. The van der Waals surface area contributed by atoms with E-state index in [1.54, 1.807) is 0 Å². The molecule has 1 fully saturated rings. The maximum absolute atomic E-state index is 5.45. The summed E-state index contributed by atoms with van der Waals surface area (Å²) in [5, 5.41) is 8.28. The highest BCUT2D eigenvalue weighted by Gasteiger charge is 2.21. The van der Waals surface area contributed by atoms with Gasteiger partial charge in [0.2, 0.25) is 0 Å². The zero-order valence-electron chi connectivity index (χ0n) is 12.7. The fraction of sp³-hybridized carbons (Fsp3) is 0.800. The molecule has 2 atom stereocenters. The van der Waals surface area contributed by atoms with Gasteiger partial charge in [-0.25, -0.2) is 0 Å². The topological polar surface area (TPSA) is 39.1 Å². The number of aromatic nitrogens is 2. The molecule has 0 aliphatic carbocycles. The van der Waals surface area contributed by atoms with Gasteiger partial charge >= 0.3 is 0 Å². The third-order valence-corrected chi connectivity index (χ3v) is 4.03. The quantitative estimate of drug-likeness (QED) is 0.859. The molecular formula is C15H27N3O. The summed E-state index contributed by atoms with van der Waals surface area (Å²) in [6.07, 6.45) is 2.33. The van der Waals surface area contributed by atoms with E-state index in [-0.39, 0.29) is 0 Å². The molecule has 0 saturated carbocycles. The lowest BCUT2D eigenvalue weighted by Gasteiger charge is -2.15. The molecule has 1 aliphatic heterocycles. The van der Waals surface area contributed by atoms with Crippen LogP contribution in [0.25, 0.3) is 0 Å². The van der Waals surface area contributed by atoms with Gasteiger partial charge in [-0.2, -0.15) is 5.10 Å². The first-order valence-electron chi connectivity index (χ1n) is 7.48. The normalized spacial score (nSPS) is 20.9. The second kappa shape index (κ2) is 6.53. The van der Waals surface area contributed by atoms with E-state index in [4.69, 9.17) is 9.84 Å². The minimum absolute atomic E-state index is 0.383. The molecule has 19 heavy (non-hydrogen) atoms. The number of ether oxygens (including phenoxy) is 1. The van der Waals surface area contributed by atoms with E-state index in [0.717, 1.165) is 44.8 Å². The highest BCUT2D eigenvalue weighted by Crippen LogP contribution is 2.23. The summed E-state index contributed by atoms with van der Waals surface area (Å²) >= 11 is 0. The smallest absolute Gasteiger partial charge is 0.0644 e. The summed E-state index contributed by atoms with van der Waals surface area (Å²) in [5.74, 6) is 0.629. The predicted octanol–water partition coefficient (Wildman–Crippen LogP) is 2.60. The van der Waals surface area contributed by atoms with E-state index >= 15 is 0 Å². The van der Waals surface area contributed by atoms with Crippen LogP contribution in [0.3, 0.4) is 0 Å². The number of nitrogens with zero attached hydrogens (tertiary/aromatic N) is 2. The van der Waals surface area contributed by atoms with E-state index in [9.17, 15) is 0 Å². The summed E-state index contributed by atoms with van der Waals surface area (Å²) in [6, 6.07) is 0.383. The van der Waals surface area contributed by atoms with Crippen molar-refractivity contribution in [3.8, 4) is 0 Å². The van der Waals surface area contributed by atoms with Gasteiger partial charge in [0.1, 0.15) is 0 Å². The first-order valence-corrected chi connectivity index (χ1v) is 7.48. The Morgan fingerprint density at radius 1 is 1.47 bits per heavy atom. The Balaban J connectivity index is 2.09. The van der Waals surface area contributed by atoms with Crippen LogP contribution in [0.2, 0.25) is 0 Å². The molecule has 4 nitrogen and oxygen atoms in total. The van der Waals surface area contributed by atoms with Crippen LogP contribution in [0.1, 0.15) is 49.7 Å². The molecule has 2 heterocycles. The Morgan fingerprint density at radius 2 is 2.26 bits per heavy atom. The fourth-order valence-electron chi connectivity index (χ4n) is 2.95. The number of rotatable bonds is 6. The Labute approximate surface area is 116 Å². The largest absolute Gasteiger partial charge is 0.381 e. The van der Waals surface area contributed by atoms with Crippen LogP contribution in [0.5, 0.6) is 0 Å². The van der Waals surface area contributed by atoms with Gasteiger partial charge in [-0.05, 0) is 40.2 Å². The Bertz CT molecular complexity index is 408. The van der Waals surface area contributed by atoms with Crippen LogP contribution in [-0.2, 0) is 11.3 Å². The molecule has 1 N–H and O–H groups in total. The lowest BCUT2D eigenvalue weighted by Crippen LogP contribution is -2.20. The maximum atomic E-state index is 5.45. The van der Waals surface area contributed by atoms with Crippen molar-refractivity contribution in [2.45, 2.75) is 53.1 Å². The van der Waals surface area contributed by atoms with Crippen molar-refractivity contribution in [3.05, 3.63) is 17.0 Å². The van der Waals surface area contributed by atoms with Crippen molar-refractivity contribution >= 4 is 0 Å². The summed E-state index contributed by atoms with van der Waals surface area (Å²) < 4.78 is 7.63. The predicted molar refractivity (Wildman–Crippen MR) is 77.3 cm³/mol. The van der Waals surface area contributed by atoms with Crippen LogP contribution in [0.4, 0.5) is 0 Å². The molecule has 1 aliphatic rings. The lowest BCUT2D eigenvalue weighted by atomic mass is 10.1. The van der Waals surface area contributed by atoms with Gasteiger partial charge < -0.3 is 10.1 Å². The van der Waals surface area contributed by atoms with Gasteiger partial charge in [-0.1, -0.05) is 6.92 Å². The van der Waals surface area contributed by atoms with Gasteiger partial charge in [-0.15, -0.1) is 0 Å². The molecule has 0 amide bonds. The lowest BCUT2D eigenvalue weighted by molar-refractivity contribution is 0.181. The molecule has 2 unspecified atom stereocenters. The van der Waals surface area contributed by atoms with Crippen molar-refractivity contribution < 1.29 is 4.74 Å². The first kappa shape index (κ1) is 14.5. The summed E-state index contributed by atoms with van der Waals surface area (Å²) in [5.41, 5.74) is 3.83. The van der Waals surface area contributed by atoms with Crippen LogP contribution in [0.15, 0.2) is 0 Å². The van der Waals surface area contributed by atoms with Crippen LogP contribution in [0, 0.1) is 19.8 Å². The van der Waals surface area contributed by atoms with Gasteiger partial charge in [0.15, 0.2) is 0 Å². The van der Waals surface area contributed by atoms with Crippen molar-refractivity contribution in [2.24, 2.45) is 5.92 Å². The minimum Gasteiger partial charge on any atom is -0.381 e. The molecule has 1 aromatic rings. The van der Waals surface area contributed by atoms with Gasteiger partial charge in [-0.3, -0.25) is 4.68 Å². The van der Waals surface area contributed by atoms with Crippen molar-refractivity contribution in [1.29, 1.82) is 0 Å². The molecule has 1 aromatic heterocycles. The van der Waals surface area contributed by atoms with E-state index in [0.29, 0.717) is 12.0 Å². The number of hydrogen-bond donors (Lipinski definition) is 1. The second-order valence-corrected chi connectivity index (χ2v) is 5.67. The summed E-state index contributed by atoms with van der Waals surface area (Å²) in [4.78, 5) is 0. The van der Waals surface area contributed by atoms with Crippen LogP contribution in [-0.4, -0.2) is 29.5 Å². The highest BCUT2D eigenvalue weighted by atomic mass is 16.5. The monoisotopic (exact) mass is 265 g/mol. The molecule has 0 spiro atoms. The van der Waals surface area contributed by atoms with Gasteiger partial charge in [0, 0.05) is 36.4 Å². The van der Waals surface area contributed by atoms with E-state index in [1.165, 1.54) is 11.3 Å². The average Bonchev–Trinajstić information content (AvgIpc) is 2.97. The number of hydrogen-bond acceptors (Lipinski definition) is 3. The van der Waals surface area contributed by atoms with Gasteiger partial charge in [0.05, 0.1) is 12.3 Å². The summed E-state index contributed by atoms with van der Waals surface area (Å²) in [6.45, 7) is 12.6. The zero-order valence-corrected chi connectivity index (χ0v) is 12.7. The second-order valence-electron chi connectivity index (χ2n) is 5.67. The maximum Gasteiger partial charge on any atom is 0.0644 e. The first-order chi connectivity index (χ1) is 9.13. The minimum atomic E-state index is 0.383. The van der Waals surface area contributed by atoms with E-state index < -0.39 is 0 Å². The Hall–Kier alpha value is -0.870. The van der Waals surface area contributed by atoms with Crippen LogP contribution < -0.4 is 5.32 Å². The number of nitrogens with one attached hydrogen (secondary N) is 1. The third-order valence-electron chi connectivity index (χ3n) is 4.03. The molecule has 0 aromatic carbocycles. The van der Waals surface area contributed by atoms with E-state index in [2.05, 4.69) is 37.7 Å². The molecule has 4 heteroatoms. The number of aryl methyl sites for hydroxylation is 1. The third kappa shape index (κ3) is 3.37. The molecule has 1 saturated heterocycles. The average molecular weight is 265 g/mol. The van der Waals surface area contributed by atoms with Crippen LogP contribution >= 0.6 is 0 Å². The standard InChI is InChI=1S/C15H27N3O/c1-5-7-16-11(2)15-12(3)17-18(13(15)4)9-14-6-8-19-10-14/h11,14,16H,5-10H2,1-4H3. The van der Waals surface area contributed by atoms with Gasteiger partial charge in [0.25, 0.3) is 0 Å². The molecule has 2 rings (SSSR count). The van der Waals surface area contributed by atoms with Crippen molar-refractivity contribution in [3.63, 3.8) is 0 Å². The highest BCUT2D eigenvalue weighted by molar-refractivity contribution is 5.27. The summed E-state index contributed by atoms with van der Waals surface area (Å²) in [7, 11) is 0. The van der Waals surface area contributed by atoms with E-state index in [1.807, 2.05) is 0 Å². The SMILES string of the molecule is CCCNC(C)c1c(C)nn(CC2CCOC2)c1C. The molecular weight excluding hydrogens is 238 g/mol. The molecule has 0 radical (unpaired) electrons. The van der Waals surface area contributed by atoms with Crippen molar-refractivity contribution in [1.82, 2.24) is 15.1 Å². The molecule has 108 valence electrons. The Morgan fingerprint density at radius 3 is 2.89 bits per heavy atom. The Kier molecular flexibility index (Phi) is 4.99.